The van der Waals surface area contributed by atoms with Crippen LogP contribution in [0.3, 0.4) is 0 Å². The number of aromatic nitrogens is 3. The van der Waals surface area contributed by atoms with Crippen molar-refractivity contribution in [2.24, 2.45) is 0 Å². The van der Waals surface area contributed by atoms with Crippen molar-refractivity contribution in [3.63, 3.8) is 0 Å². The molecule has 2 aliphatic heterocycles. The van der Waals surface area contributed by atoms with Crippen LogP contribution in [0.2, 0.25) is 0 Å². The molecule has 1 aromatic carbocycles. The third-order valence-electron chi connectivity index (χ3n) is 4.89. The van der Waals surface area contributed by atoms with Gasteiger partial charge in [-0.25, -0.2) is 9.37 Å². The van der Waals surface area contributed by atoms with Crippen LogP contribution in [-0.2, 0) is 0 Å². The summed E-state index contributed by atoms with van der Waals surface area (Å²) in [5.74, 6) is -0.424. The molecule has 0 bridgehead atoms. The maximum absolute atomic E-state index is 13.9. The van der Waals surface area contributed by atoms with E-state index < -0.39 is 5.25 Å². The summed E-state index contributed by atoms with van der Waals surface area (Å²) < 4.78 is 15.2. The smallest absolute Gasteiger partial charge is 0.264 e. The van der Waals surface area contributed by atoms with Crippen LogP contribution >= 0.6 is 11.8 Å². The lowest BCUT2D eigenvalue weighted by molar-refractivity contribution is 0.0688. The molecule has 7 nitrogen and oxygen atoms in total. The van der Waals surface area contributed by atoms with Gasteiger partial charge in [-0.2, -0.15) is 9.78 Å². The first-order valence-electron chi connectivity index (χ1n) is 8.61. The molecule has 1 aromatic heterocycles. The number of aliphatic hydroxyl groups is 1. The van der Waals surface area contributed by atoms with E-state index in [1.807, 2.05) is 6.07 Å². The van der Waals surface area contributed by atoms with Crippen LogP contribution < -0.4 is 0 Å². The highest BCUT2D eigenvalue weighted by atomic mass is 32.2. The molecule has 1 N–H and O–H groups in total. The zero-order valence-electron chi connectivity index (χ0n) is 14.2. The van der Waals surface area contributed by atoms with Gasteiger partial charge in [-0.15, -0.1) is 0 Å². The Hall–Kier alpha value is -1.81. The molecule has 0 radical (unpaired) electrons. The molecule has 2 atom stereocenters. The van der Waals surface area contributed by atoms with Crippen LogP contribution in [0.25, 0.3) is 0 Å². The van der Waals surface area contributed by atoms with Gasteiger partial charge in [0.1, 0.15) is 17.4 Å². The van der Waals surface area contributed by atoms with Gasteiger partial charge < -0.3 is 5.11 Å². The second-order valence-corrected chi connectivity index (χ2v) is 7.54. The molecular formula is C17H20FN5O2S. The minimum atomic E-state index is -0.405. The van der Waals surface area contributed by atoms with E-state index in [9.17, 15) is 9.18 Å². The number of fused-ring (bicyclic) bond motifs is 1. The third kappa shape index (κ3) is 3.27. The Bertz CT molecular complexity index is 793. The number of β-amino-alcohol motifs (C(OH)–C–C–N with tert-alkyl or cyclic N) is 1. The SMILES string of the molecule is O=C1C(C(c2cccc(F)c2)N2CCN(CCO)CC2)Sc2ncnn21. The second-order valence-electron chi connectivity index (χ2n) is 6.43. The molecule has 2 aromatic rings. The maximum atomic E-state index is 13.9. The summed E-state index contributed by atoms with van der Waals surface area (Å²) in [5, 5.41) is 13.3. The number of halogens is 1. The van der Waals surface area contributed by atoms with E-state index in [-0.39, 0.29) is 24.4 Å². The molecule has 1 saturated heterocycles. The summed E-state index contributed by atoms with van der Waals surface area (Å²) >= 11 is 1.39. The quantitative estimate of drug-likeness (QED) is 0.829. The van der Waals surface area contributed by atoms with E-state index in [1.165, 1.54) is 34.9 Å². The fraction of sp³-hybridized carbons (Fsp3) is 0.471. The van der Waals surface area contributed by atoms with E-state index in [4.69, 9.17) is 5.11 Å². The van der Waals surface area contributed by atoms with Gasteiger partial charge >= 0.3 is 0 Å². The van der Waals surface area contributed by atoms with E-state index >= 15 is 0 Å². The monoisotopic (exact) mass is 377 g/mol. The number of carbonyl (C=O) groups excluding carboxylic acids is 1. The van der Waals surface area contributed by atoms with Crippen molar-refractivity contribution >= 4 is 17.7 Å². The maximum Gasteiger partial charge on any atom is 0.264 e. The minimum absolute atomic E-state index is 0.116. The van der Waals surface area contributed by atoms with Crippen molar-refractivity contribution in [3.8, 4) is 0 Å². The Balaban J connectivity index is 1.61. The predicted molar refractivity (Wildman–Crippen MR) is 94.5 cm³/mol. The van der Waals surface area contributed by atoms with E-state index in [1.54, 1.807) is 6.07 Å². The lowest BCUT2D eigenvalue weighted by atomic mass is 10.00. The third-order valence-corrected chi connectivity index (χ3v) is 6.10. The van der Waals surface area contributed by atoms with Crippen LogP contribution in [0.5, 0.6) is 0 Å². The number of hydrogen-bond donors (Lipinski definition) is 1. The number of rotatable bonds is 5. The number of piperazine rings is 1. The summed E-state index contributed by atoms with van der Waals surface area (Å²) in [4.78, 5) is 21.4. The Morgan fingerprint density at radius 3 is 2.81 bits per heavy atom. The molecule has 0 aliphatic carbocycles. The van der Waals surface area contributed by atoms with Gasteiger partial charge in [-0.1, -0.05) is 23.9 Å². The summed E-state index contributed by atoms with van der Waals surface area (Å²) in [6.45, 7) is 3.90. The molecule has 0 amide bonds. The number of carbonyl (C=O) groups is 1. The van der Waals surface area contributed by atoms with Gasteiger partial charge in [0.05, 0.1) is 12.6 Å². The van der Waals surface area contributed by atoms with Gasteiger partial charge in [-0.05, 0) is 17.7 Å². The van der Waals surface area contributed by atoms with Crippen LogP contribution in [0.1, 0.15) is 16.4 Å². The standard InChI is InChI=1S/C17H20FN5O2S/c18-13-3-1-2-12(10-13)14(22-6-4-21(5-7-22)8-9-24)15-16(25)23-17(26-15)19-11-20-23/h1-3,10-11,14-15,24H,4-9H2. The zero-order valence-corrected chi connectivity index (χ0v) is 15.0. The molecule has 1 fully saturated rings. The van der Waals surface area contributed by atoms with E-state index in [2.05, 4.69) is 19.9 Å². The Kier molecular flexibility index (Phi) is 5.03. The second kappa shape index (κ2) is 7.43. The molecule has 4 rings (SSSR count). The number of aliphatic hydroxyl groups excluding tert-OH is 1. The van der Waals surface area contributed by atoms with Crippen LogP contribution in [0.4, 0.5) is 4.39 Å². The van der Waals surface area contributed by atoms with Crippen molar-refractivity contribution in [1.29, 1.82) is 0 Å². The first-order valence-corrected chi connectivity index (χ1v) is 9.49. The minimum Gasteiger partial charge on any atom is -0.395 e. The van der Waals surface area contributed by atoms with Gasteiger partial charge in [-0.3, -0.25) is 14.6 Å². The topological polar surface area (TPSA) is 74.5 Å². The molecule has 0 saturated carbocycles. The number of benzene rings is 1. The van der Waals surface area contributed by atoms with Crippen molar-refractivity contribution < 1.29 is 14.3 Å². The lowest BCUT2D eigenvalue weighted by Gasteiger charge is -2.40. The van der Waals surface area contributed by atoms with Gasteiger partial charge in [0, 0.05) is 32.7 Å². The normalized spacial score (nSPS) is 22.5. The Morgan fingerprint density at radius 2 is 2.12 bits per heavy atom. The first-order chi connectivity index (χ1) is 12.7. The molecular weight excluding hydrogens is 357 g/mol. The van der Waals surface area contributed by atoms with Crippen molar-refractivity contribution in [1.82, 2.24) is 24.6 Å². The average molecular weight is 377 g/mol. The zero-order chi connectivity index (χ0) is 18.1. The van der Waals surface area contributed by atoms with Crippen molar-refractivity contribution in [2.45, 2.75) is 16.4 Å². The van der Waals surface area contributed by atoms with Crippen molar-refractivity contribution in [3.05, 3.63) is 42.0 Å². The van der Waals surface area contributed by atoms with Gasteiger partial charge in [0.15, 0.2) is 5.16 Å². The average Bonchev–Trinajstić information content (AvgIpc) is 3.21. The molecule has 26 heavy (non-hydrogen) atoms. The highest BCUT2D eigenvalue weighted by Gasteiger charge is 2.43. The molecule has 0 spiro atoms. The number of thioether (sulfide) groups is 1. The lowest BCUT2D eigenvalue weighted by Crippen LogP contribution is -2.51. The van der Waals surface area contributed by atoms with Crippen LogP contribution in [0.15, 0.2) is 35.7 Å². The number of nitrogens with zero attached hydrogens (tertiary/aromatic N) is 5. The van der Waals surface area contributed by atoms with Crippen molar-refractivity contribution in [2.75, 3.05) is 39.3 Å². The predicted octanol–water partition coefficient (Wildman–Crippen LogP) is 0.883. The molecule has 2 aliphatic rings. The molecule has 9 heteroatoms. The summed E-state index contributed by atoms with van der Waals surface area (Å²) in [6.07, 6.45) is 1.38. The fourth-order valence-electron chi connectivity index (χ4n) is 3.62. The Labute approximate surface area is 154 Å². The largest absolute Gasteiger partial charge is 0.395 e. The molecule has 3 heterocycles. The summed E-state index contributed by atoms with van der Waals surface area (Å²) in [5.41, 5.74) is 0.789. The Morgan fingerprint density at radius 1 is 1.31 bits per heavy atom. The number of hydrogen-bond acceptors (Lipinski definition) is 7. The van der Waals surface area contributed by atoms with Gasteiger partial charge in [0.25, 0.3) is 5.91 Å². The first kappa shape index (κ1) is 17.6. The van der Waals surface area contributed by atoms with E-state index in [0.29, 0.717) is 11.7 Å². The highest BCUT2D eigenvalue weighted by Crippen LogP contribution is 2.40. The van der Waals surface area contributed by atoms with Crippen LogP contribution in [0, 0.1) is 5.82 Å². The molecule has 2 unspecified atom stereocenters. The fourth-order valence-corrected chi connectivity index (χ4v) is 4.85. The highest BCUT2D eigenvalue weighted by molar-refractivity contribution is 8.00. The summed E-state index contributed by atoms with van der Waals surface area (Å²) in [7, 11) is 0. The van der Waals surface area contributed by atoms with E-state index in [0.717, 1.165) is 31.7 Å². The van der Waals surface area contributed by atoms with Crippen LogP contribution in [-0.4, -0.2) is 80.2 Å². The summed E-state index contributed by atoms with van der Waals surface area (Å²) in [6, 6.07) is 6.22. The van der Waals surface area contributed by atoms with Gasteiger partial charge in [0.2, 0.25) is 0 Å². The molecule has 138 valence electrons.